The Labute approximate surface area is 159 Å². The van der Waals surface area contributed by atoms with Gasteiger partial charge in [-0.1, -0.05) is 23.4 Å². The molecule has 3 rings (SSSR count). The number of aromatic nitrogens is 2. The highest BCUT2D eigenvalue weighted by molar-refractivity contribution is 5.94. The van der Waals surface area contributed by atoms with Gasteiger partial charge < -0.3 is 14.7 Å². The predicted molar refractivity (Wildman–Crippen MR) is 100 cm³/mol. The molecule has 27 heavy (non-hydrogen) atoms. The highest BCUT2D eigenvalue weighted by atomic mass is 16.5. The number of rotatable bonds is 7. The Hall–Kier alpha value is -2.70. The molecular formula is C20H26N4O3. The summed E-state index contributed by atoms with van der Waals surface area (Å²) in [6.45, 7) is 3.10. The molecule has 0 saturated carbocycles. The van der Waals surface area contributed by atoms with Crippen molar-refractivity contribution in [2.45, 2.75) is 51.5 Å². The molecule has 0 bridgehead atoms. The van der Waals surface area contributed by atoms with Gasteiger partial charge in [0.2, 0.25) is 11.8 Å². The Morgan fingerprint density at radius 1 is 1.26 bits per heavy atom. The van der Waals surface area contributed by atoms with Crippen molar-refractivity contribution in [3.05, 3.63) is 47.6 Å². The lowest BCUT2D eigenvalue weighted by molar-refractivity contribution is -0.135. The summed E-state index contributed by atoms with van der Waals surface area (Å²) in [5.41, 5.74) is 0.656. The minimum atomic E-state index is -0.0731. The molecule has 144 valence electrons. The van der Waals surface area contributed by atoms with Gasteiger partial charge in [-0.2, -0.15) is 4.98 Å². The van der Waals surface area contributed by atoms with E-state index in [-0.39, 0.29) is 17.9 Å². The second kappa shape index (κ2) is 9.30. The van der Waals surface area contributed by atoms with Crippen LogP contribution in [0.15, 0.2) is 34.9 Å². The van der Waals surface area contributed by atoms with E-state index in [0.717, 1.165) is 32.2 Å². The summed E-state index contributed by atoms with van der Waals surface area (Å²) in [6.07, 6.45) is 4.72. The molecule has 1 N–H and O–H groups in total. The zero-order valence-corrected chi connectivity index (χ0v) is 15.7. The number of nitrogens with zero attached hydrogens (tertiary/aromatic N) is 3. The largest absolute Gasteiger partial charge is 0.352 e. The summed E-state index contributed by atoms with van der Waals surface area (Å²) < 4.78 is 5.08. The first-order valence-electron chi connectivity index (χ1n) is 9.55. The van der Waals surface area contributed by atoms with E-state index in [9.17, 15) is 9.59 Å². The van der Waals surface area contributed by atoms with E-state index in [1.165, 1.54) is 0 Å². The van der Waals surface area contributed by atoms with Crippen LogP contribution in [-0.4, -0.2) is 46.0 Å². The monoisotopic (exact) mass is 370 g/mol. The molecule has 1 fully saturated rings. The number of amides is 2. The van der Waals surface area contributed by atoms with Crippen LogP contribution in [0, 0.1) is 6.92 Å². The van der Waals surface area contributed by atoms with E-state index >= 15 is 0 Å². The number of nitrogens with one attached hydrogen (secondary N) is 1. The van der Waals surface area contributed by atoms with Crippen LogP contribution in [0.5, 0.6) is 0 Å². The smallest absolute Gasteiger partial charge is 0.251 e. The number of hydrogen-bond donors (Lipinski definition) is 1. The maximum absolute atomic E-state index is 12.7. The number of benzene rings is 1. The van der Waals surface area contributed by atoms with E-state index in [1.807, 2.05) is 23.1 Å². The van der Waals surface area contributed by atoms with E-state index in [2.05, 4.69) is 15.5 Å². The number of hydrogen-bond acceptors (Lipinski definition) is 5. The molecule has 1 aromatic heterocycles. The molecule has 0 unspecified atom stereocenters. The topological polar surface area (TPSA) is 88.3 Å². The molecule has 2 heterocycles. The van der Waals surface area contributed by atoms with Gasteiger partial charge in [0.05, 0.1) is 0 Å². The van der Waals surface area contributed by atoms with Crippen LogP contribution in [-0.2, 0) is 11.2 Å². The lowest BCUT2D eigenvalue weighted by Crippen LogP contribution is -2.45. The van der Waals surface area contributed by atoms with Crippen LogP contribution in [0.3, 0.4) is 0 Å². The summed E-state index contributed by atoms with van der Waals surface area (Å²) >= 11 is 0. The van der Waals surface area contributed by atoms with Crippen molar-refractivity contribution in [1.29, 1.82) is 0 Å². The molecule has 7 nitrogen and oxygen atoms in total. The van der Waals surface area contributed by atoms with E-state index in [0.29, 0.717) is 36.7 Å². The summed E-state index contributed by atoms with van der Waals surface area (Å²) in [4.78, 5) is 30.9. The molecule has 1 aliphatic heterocycles. The summed E-state index contributed by atoms with van der Waals surface area (Å²) in [5.74, 6) is 1.13. The summed E-state index contributed by atoms with van der Waals surface area (Å²) in [7, 11) is 0. The minimum absolute atomic E-state index is 0.0731. The third-order valence-electron chi connectivity index (χ3n) is 4.87. The fourth-order valence-corrected chi connectivity index (χ4v) is 3.47. The quantitative estimate of drug-likeness (QED) is 0.809. The highest BCUT2D eigenvalue weighted by Gasteiger charge is 2.26. The molecule has 2 amide bonds. The Morgan fingerprint density at radius 2 is 2.07 bits per heavy atom. The molecule has 0 spiro atoms. The van der Waals surface area contributed by atoms with Crippen molar-refractivity contribution in [2.24, 2.45) is 0 Å². The zero-order valence-electron chi connectivity index (χ0n) is 15.7. The number of piperidine rings is 1. The van der Waals surface area contributed by atoms with Gasteiger partial charge in [0.15, 0.2) is 5.82 Å². The Bertz CT molecular complexity index is 760. The SMILES string of the molecule is Cc1noc(CCC(=O)N2CCCC[C@@H]2CCNC(=O)c2ccccc2)n1. The van der Waals surface area contributed by atoms with Crippen molar-refractivity contribution >= 4 is 11.8 Å². The minimum Gasteiger partial charge on any atom is -0.352 e. The molecule has 1 aromatic carbocycles. The molecular weight excluding hydrogens is 344 g/mol. The number of likely N-dealkylation sites (tertiary alicyclic amines) is 1. The first kappa shape index (κ1) is 19.1. The summed E-state index contributed by atoms with van der Waals surface area (Å²) in [5, 5.41) is 6.71. The van der Waals surface area contributed by atoms with Gasteiger partial charge in [-0.25, -0.2) is 0 Å². The van der Waals surface area contributed by atoms with Crippen LogP contribution in [0.25, 0.3) is 0 Å². The van der Waals surface area contributed by atoms with Crippen molar-refractivity contribution < 1.29 is 14.1 Å². The van der Waals surface area contributed by atoms with Gasteiger partial charge in [0, 0.05) is 37.5 Å². The van der Waals surface area contributed by atoms with Gasteiger partial charge in [-0.05, 0) is 44.7 Å². The molecule has 1 aliphatic rings. The Morgan fingerprint density at radius 3 is 2.81 bits per heavy atom. The number of carbonyl (C=O) groups excluding carboxylic acids is 2. The normalized spacial score (nSPS) is 16.9. The van der Waals surface area contributed by atoms with Gasteiger partial charge in [-0.15, -0.1) is 0 Å². The molecule has 7 heteroatoms. The van der Waals surface area contributed by atoms with Crippen LogP contribution < -0.4 is 5.32 Å². The van der Waals surface area contributed by atoms with Gasteiger partial charge >= 0.3 is 0 Å². The van der Waals surface area contributed by atoms with E-state index in [4.69, 9.17) is 4.52 Å². The number of aryl methyl sites for hydroxylation is 2. The average Bonchev–Trinajstić information content (AvgIpc) is 3.12. The summed E-state index contributed by atoms with van der Waals surface area (Å²) in [6, 6.07) is 9.35. The van der Waals surface area contributed by atoms with Gasteiger partial charge in [0.1, 0.15) is 0 Å². The maximum atomic E-state index is 12.7. The van der Waals surface area contributed by atoms with E-state index < -0.39 is 0 Å². The number of carbonyl (C=O) groups is 2. The fraction of sp³-hybridized carbons (Fsp3) is 0.500. The lowest BCUT2D eigenvalue weighted by Gasteiger charge is -2.36. The molecule has 0 radical (unpaired) electrons. The standard InChI is InChI=1S/C20H26N4O3/c1-15-22-18(27-23-15)10-11-19(25)24-14-6-5-9-17(24)12-13-21-20(26)16-7-3-2-4-8-16/h2-4,7-8,17H,5-6,9-14H2,1H3,(H,21,26)/t17-/m1/s1. The van der Waals surface area contributed by atoms with Gasteiger partial charge in [0.25, 0.3) is 5.91 Å². The van der Waals surface area contributed by atoms with Gasteiger partial charge in [-0.3, -0.25) is 9.59 Å². The predicted octanol–water partition coefficient (Wildman–Crippen LogP) is 2.51. The second-order valence-electron chi connectivity index (χ2n) is 6.88. The first-order chi connectivity index (χ1) is 13.1. The Balaban J connectivity index is 1.47. The van der Waals surface area contributed by atoms with Crippen molar-refractivity contribution in [1.82, 2.24) is 20.4 Å². The molecule has 0 aliphatic carbocycles. The van der Waals surface area contributed by atoms with Crippen LogP contribution >= 0.6 is 0 Å². The van der Waals surface area contributed by atoms with Crippen molar-refractivity contribution in [2.75, 3.05) is 13.1 Å². The highest BCUT2D eigenvalue weighted by Crippen LogP contribution is 2.21. The molecule has 2 aromatic rings. The molecule has 1 saturated heterocycles. The van der Waals surface area contributed by atoms with E-state index in [1.54, 1.807) is 19.1 Å². The van der Waals surface area contributed by atoms with Crippen molar-refractivity contribution in [3.63, 3.8) is 0 Å². The lowest BCUT2D eigenvalue weighted by atomic mass is 9.98. The van der Waals surface area contributed by atoms with Crippen LogP contribution in [0.1, 0.15) is 54.2 Å². The van der Waals surface area contributed by atoms with Crippen molar-refractivity contribution in [3.8, 4) is 0 Å². The van der Waals surface area contributed by atoms with Crippen LogP contribution in [0.4, 0.5) is 0 Å². The third kappa shape index (κ3) is 5.39. The second-order valence-corrected chi connectivity index (χ2v) is 6.88. The first-order valence-corrected chi connectivity index (χ1v) is 9.55. The molecule has 1 atom stereocenters. The Kier molecular flexibility index (Phi) is 6.57. The fourth-order valence-electron chi connectivity index (χ4n) is 3.47. The zero-order chi connectivity index (χ0) is 19.1. The van der Waals surface area contributed by atoms with Crippen LogP contribution in [0.2, 0.25) is 0 Å². The maximum Gasteiger partial charge on any atom is 0.251 e. The average molecular weight is 370 g/mol. The third-order valence-corrected chi connectivity index (χ3v) is 4.87.